The van der Waals surface area contributed by atoms with Crippen molar-refractivity contribution in [2.24, 2.45) is 5.92 Å². The van der Waals surface area contributed by atoms with Crippen LogP contribution in [-0.2, 0) is 30.1 Å². The smallest absolute Gasteiger partial charge is 0.352 e. The number of alkyl halides is 6. The maximum Gasteiger partial charge on any atom is 0.416 e. The number of halogens is 6. The Morgan fingerprint density at radius 3 is 2.21 bits per heavy atom. The second kappa shape index (κ2) is 12.5. The van der Waals surface area contributed by atoms with E-state index in [9.17, 15) is 31.1 Å². The molecule has 1 aromatic heterocycles. The quantitative estimate of drug-likeness (QED) is 0.285. The van der Waals surface area contributed by atoms with Gasteiger partial charge < -0.3 is 10.2 Å². The Hall–Kier alpha value is -2.92. The van der Waals surface area contributed by atoms with Gasteiger partial charge >= 0.3 is 12.4 Å². The van der Waals surface area contributed by atoms with Crippen LogP contribution < -0.4 is 5.32 Å². The van der Waals surface area contributed by atoms with Crippen molar-refractivity contribution in [2.75, 3.05) is 19.6 Å². The van der Waals surface area contributed by atoms with Crippen LogP contribution in [0.4, 0.5) is 26.3 Å². The third kappa shape index (κ3) is 8.28. The predicted octanol–water partition coefficient (Wildman–Crippen LogP) is 6.93. The number of carbonyl (C=O) groups is 1. The van der Waals surface area contributed by atoms with Crippen LogP contribution in [0.25, 0.3) is 0 Å². The molecule has 1 atom stereocenters. The molecule has 1 amide bonds. The van der Waals surface area contributed by atoms with Gasteiger partial charge in [-0.25, -0.2) is 4.98 Å². The van der Waals surface area contributed by atoms with Gasteiger partial charge in [0.1, 0.15) is 0 Å². The molecule has 39 heavy (non-hydrogen) atoms. The third-order valence-electron chi connectivity index (χ3n) is 7.08. The lowest BCUT2D eigenvalue weighted by molar-refractivity contribution is -0.143. The Bertz CT molecular complexity index is 1170. The predicted molar refractivity (Wildman–Crippen MR) is 137 cm³/mol. The average Bonchev–Trinajstić information content (AvgIpc) is 3.42. The summed E-state index contributed by atoms with van der Waals surface area (Å²) in [6.45, 7) is 1.98. The van der Waals surface area contributed by atoms with E-state index < -0.39 is 41.8 Å². The minimum Gasteiger partial charge on any atom is -0.352 e. The molecule has 1 fully saturated rings. The fraction of sp³-hybridized carbons (Fsp3) is 0.429. The first-order valence-corrected chi connectivity index (χ1v) is 13.6. The van der Waals surface area contributed by atoms with Crippen LogP contribution in [0.2, 0.25) is 0 Å². The molecule has 3 aromatic rings. The zero-order valence-corrected chi connectivity index (χ0v) is 21.9. The highest BCUT2D eigenvalue weighted by molar-refractivity contribution is 7.07. The number of hydrogen-bond donors (Lipinski definition) is 1. The number of likely N-dealkylation sites (tertiary alicyclic amines) is 1. The Labute approximate surface area is 227 Å². The maximum atomic E-state index is 13.2. The molecule has 210 valence electrons. The fourth-order valence-corrected chi connectivity index (χ4v) is 5.50. The van der Waals surface area contributed by atoms with Gasteiger partial charge in [0.25, 0.3) is 0 Å². The maximum absolute atomic E-state index is 13.2. The van der Waals surface area contributed by atoms with Crippen molar-refractivity contribution in [2.45, 2.75) is 50.5 Å². The molecule has 2 aromatic carbocycles. The van der Waals surface area contributed by atoms with Crippen LogP contribution in [0.3, 0.4) is 0 Å². The van der Waals surface area contributed by atoms with Gasteiger partial charge in [0.15, 0.2) is 0 Å². The number of thiazole rings is 1. The molecule has 2 heterocycles. The summed E-state index contributed by atoms with van der Waals surface area (Å²) in [5.41, 5.74) is 0.627. The number of rotatable bonds is 9. The summed E-state index contributed by atoms with van der Waals surface area (Å²) in [4.78, 5) is 19.7. The molecule has 0 saturated carbocycles. The largest absolute Gasteiger partial charge is 0.416 e. The van der Waals surface area contributed by atoms with E-state index in [1.54, 1.807) is 5.51 Å². The highest BCUT2D eigenvalue weighted by Gasteiger charge is 2.37. The van der Waals surface area contributed by atoms with E-state index >= 15 is 0 Å². The van der Waals surface area contributed by atoms with Crippen molar-refractivity contribution >= 4 is 17.2 Å². The van der Waals surface area contributed by atoms with E-state index in [1.165, 1.54) is 16.9 Å². The number of nitrogens with one attached hydrogen (secondary N) is 1. The zero-order valence-electron chi connectivity index (χ0n) is 21.1. The van der Waals surface area contributed by atoms with E-state index in [1.807, 2.05) is 23.6 Å². The van der Waals surface area contributed by atoms with Crippen molar-refractivity contribution in [3.8, 4) is 0 Å². The summed E-state index contributed by atoms with van der Waals surface area (Å²) < 4.78 is 79.2. The van der Waals surface area contributed by atoms with Crippen molar-refractivity contribution in [3.05, 3.63) is 87.4 Å². The Balaban J connectivity index is 1.39. The Kier molecular flexibility index (Phi) is 9.32. The fourth-order valence-electron chi connectivity index (χ4n) is 4.93. The standard InChI is InChI=1S/C28H29F6N3OS/c29-27(30,31)23-12-19(13-24(15-23)28(32,33)34)16-35-26(38)22(14-25-17-39-18-36-25)8-11-37-9-6-21(7-10-37)20-4-2-1-3-5-20/h1-5,12-13,15,17-18,21-22H,6-11,14,16H2,(H,35,38). The lowest BCUT2D eigenvalue weighted by Gasteiger charge is -2.33. The van der Waals surface area contributed by atoms with Gasteiger partial charge in [-0.1, -0.05) is 30.3 Å². The molecular formula is C28H29F6N3OS. The molecule has 1 N–H and O–H groups in total. The van der Waals surface area contributed by atoms with Crippen LogP contribution in [0, 0.1) is 5.92 Å². The van der Waals surface area contributed by atoms with Gasteiger partial charge in [0.05, 0.1) is 22.3 Å². The van der Waals surface area contributed by atoms with E-state index in [4.69, 9.17) is 0 Å². The highest BCUT2D eigenvalue weighted by Crippen LogP contribution is 2.36. The van der Waals surface area contributed by atoms with Crippen molar-refractivity contribution in [1.82, 2.24) is 15.2 Å². The number of benzene rings is 2. The SMILES string of the molecule is O=C(NCc1cc(C(F)(F)F)cc(C(F)(F)F)c1)C(CCN1CCC(c2ccccc2)CC1)Cc1cscn1. The third-order valence-corrected chi connectivity index (χ3v) is 7.71. The summed E-state index contributed by atoms with van der Waals surface area (Å²) in [6, 6.07) is 11.7. The molecule has 0 aliphatic carbocycles. The van der Waals surface area contributed by atoms with Crippen LogP contribution in [0.15, 0.2) is 59.4 Å². The first-order valence-electron chi connectivity index (χ1n) is 12.7. The van der Waals surface area contributed by atoms with Crippen molar-refractivity contribution in [1.29, 1.82) is 0 Å². The van der Waals surface area contributed by atoms with Gasteiger partial charge in [0.2, 0.25) is 5.91 Å². The van der Waals surface area contributed by atoms with Crippen LogP contribution in [0.5, 0.6) is 0 Å². The number of hydrogen-bond acceptors (Lipinski definition) is 4. The lowest BCUT2D eigenvalue weighted by atomic mass is 9.89. The molecule has 1 aliphatic rings. The molecule has 1 unspecified atom stereocenters. The van der Waals surface area contributed by atoms with Crippen molar-refractivity contribution in [3.63, 3.8) is 0 Å². The first kappa shape index (κ1) is 29.1. The first-order chi connectivity index (χ1) is 18.5. The number of carbonyl (C=O) groups excluding carboxylic acids is 1. The zero-order chi connectivity index (χ0) is 28.0. The molecule has 1 saturated heterocycles. The number of amides is 1. The van der Waals surface area contributed by atoms with Gasteiger partial charge in [0, 0.05) is 24.3 Å². The summed E-state index contributed by atoms with van der Waals surface area (Å²) in [6.07, 6.45) is -7.04. The molecule has 11 heteroatoms. The van der Waals surface area contributed by atoms with Crippen LogP contribution in [0.1, 0.15) is 53.1 Å². The van der Waals surface area contributed by atoms with E-state index in [0.29, 0.717) is 37.4 Å². The second-order valence-electron chi connectivity index (χ2n) is 9.83. The summed E-state index contributed by atoms with van der Waals surface area (Å²) >= 11 is 1.39. The molecule has 1 aliphatic heterocycles. The number of aromatic nitrogens is 1. The lowest BCUT2D eigenvalue weighted by Crippen LogP contribution is -2.37. The van der Waals surface area contributed by atoms with Gasteiger partial charge in [-0.2, -0.15) is 26.3 Å². The highest BCUT2D eigenvalue weighted by atomic mass is 32.1. The minimum atomic E-state index is -4.94. The van der Waals surface area contributed by atoms with Gasteiger partial charge in [-0.15, -0.1) is 11.3 Å². The topological polar surface area (TPSA) is 45.2 Å². The molecule has 4 nitrogen and oxygen atoms in total. The molecule has 0 bridgehead atoms. The Morgan fingerprint density at radius 2 is 1.64 bits per heavy atom. The van der Waals surface area contributed by atoms with Crippen LogP contribution >= 0.6 is 11.3 Å². The van der Waals surface area contributed by atoms with Gasteiger partial charge in [-0.3, -0.25) is 4.79 Å². The van der Waals surface area contributed by atoms with E-state index in [2.05, 4.69) is 27.3 Å². The molecule has 0 spiro atoms. The summed E-state index contributed by atoms with van der Waals surface area (Å²) in [5.74, 6) is -0.453. The normalized spacial score (nSPS) is 16.3. The second-order valence-corrected chi connectivity index (χ2v) is 10.5. The van der Waals surface area contributed by atoms with Crippen LogP contribution in [-0.4, -0.2) is 35.4 Å². The van der Waals surface area contributed by atoms with E-state index in [-0.39, 0.29) is 11.6 Å². The Morgan fingerprint density at radius 1 is 1.00 bits per heavy atom. The van der Waals surface area contributed by atoms with Gasteiger partial charge in [-0.05, 0) is 74.1 Å². The minimum absolute atomic E-state index is 0.0807. The number of nitrogens with zero attached hydrogens (tertiary/aromatic N) is 2. The number of piperidine rings is 1. The average molecular weight is 570 g/mol. The molecule has 0 radical (unpaired) electrons. The monoisotopic (exact) mass is 569 g/mol. The molecular weight excluding hydrogens is 540 g/mol. The molecule has 4 rings (SSSR count). The van der Waals surface area contributed by atoms with E-state index in [0.717, 1.165) is 31.6 Å². The summed E-state index contributed by atoms with van der Waals surface area (Å²) in [7, 11) is 0. The summed E-state index contributed by atoms with van der Waals surface area (Å²) in [5, 5.41) is 4.40. The van der Waals surface area contributed by atoms with Crippen molar-refractivity contribution < 1.29 is 31.1 Å².